The molecule has 0 heterocycles. The molecule has 3 aromatic rings. The van der Waals surface area contributed by atoms with Crippen molar-refractivity contribution in [2.24, 2.45) is 5.10 Å². The molecular formula is C20H18N2O4S. The Morgan fingerprint density at radius 2 is 1.63 bits per heavy atom. The molecule has 6 nitrogen and oxygen atoms in total. The Morgan fingerprint density at radius 3 is 2.37 bits per heavy atom. The first-order valence-electron chi connectivity index (χ1n) is 8.32. The van der Waals surface area contributed by atoms with E-state index in [1.54, 1.807) is 31.2 Å². The maximum absolute atomic E-state index is 12.9. The number of nitrogens with one attached hydrogen (secondary N) is 1. The largest absolute Gasteiger partial charge is 0.461 e. The number of anilines is 1. The summed E-state index contributed by atoms with van der Waals surface area (Å²) in [6.07, 6.45) is 0. The lowest BCUT2D eigenvalue weighted by Gasteiger charge is -2.10. The summed E-state index contributed by atoms with van der Waals surface area (Å²) in [5, 5.41) is 5.03. The van der Waals surface area contributed by atoms with Crippen molar-refractivity contribution in [3.8, 4) is 0 Å². The van der Waals surface area contributed by atoms with Gasteiger partial charge in [-0.15, -0.1) is 0 Å². The molecule has 0 saturated carbocycles. The first kappa shape index (κ1) is 18.6. The van der Waals surface area contributed by atoms with Gasteiger partial charge in [0.25, 0.3) is 5.04 Å². The molecule has 3 aromatic carbocycles. The normalized spacial score (nSPS) is 12.0. The summed E-state index contributed by atoms with van der Waals surface area (Å²) in [4.78, 5) is 12.2. The van der Waals surface area contributed by atoms with E-state index in [1.165, 1.54) is 12.1 Å². The van der Waals surface area contributed by atoms with Crippen LogP contribution >= 0.6 is 0 Å². The Labute approximate surface area is 157 Å². The second-order valence-electron chi connectivity index (χ2n) is 5.59. The predicted octanol–water partition coefficient (Wildman–Crippen LogP) is 3.60. The number of carbonyl (C=O) groups is 1. The first-order chi connectivity index (χ1) is 13.0. The third-order valence-corrected chi connectivity index (χ3v) is 5.49. The van der Waals surface area contributed by atoms with Crippen molar-refractivity contribution < 1.29 is 17.9 Å². The van der Waals surface area contributed by atoms with E-state index in [2.05, 4.69) is 10.5 Å². The minimum atomic E-state index is -4.13. The zero-order valence-corrected chi connectivity index (χ0v) is 15.4. The lowest BCUT2D eigenvalue weighted by molar-refractivity contribution is -0.134. The van der Waals surface area contributed by atoms with E-state index in [9.17, 15) is 13.2 Å². The van der Waals surface area contributed by atoms with Gasteiger partial charge in [0.2, 0.25) is 9.84 Å². The van der Waals surface area contributed by atoms with Crippen LogP contribution in [0.25, 0.3) is 10.8 Å². The maximum Gasteiger partial charge on any atom is 0.371 e. The average molecular weight is 382 g/mol. The van der Waals surface area contributed by atoms with E-state index >= 15 is 0 Å². The average Bonchev–Trinajstić information content (AvgIpc) is 2.69. The molecule has 0 aliphatic carbocycles. The molecule has 27 heavy (non-hydrogen) atoms. The van der Waals surface area contributed by atoms with Crippen LogP contribution in [0.15, 0.2) is 82.8 Å². The van der Waals surface area contributed by atoms with Crippen LogP contribution < -0.4 is 5.43 Å². The van der Waals surface area contributed by atoms with Gasteiger partial charge in [-0.3, -0.25) is 5.43 Å². The molecule has 0 radical (unpaired) electrons. The number of hydrogen-bond donors (Lipinski definition) is 1. The van der Waals surface area contributed by atoms with Crippen LogP contribution in [-0.2, 0) is 19.4 Å². The molecule has 1 N–H and O–H groups in total. The van der Waals surface area contributed by atoms with E-state index in [1.807, 2.05) is 36.4 Å². The second kappa shape index (κ2) is 8.01. The van der Waals surface area contributed by atoms with Crippen molar-refractivity contribution in [1.82, 2.24) is 0 Å². The SMILES string of the molecule is CCOC(=O)/C(=N/Nc1cccc2ccccc12)S(=O)(=O)c1ccccc1. The summed E-state index contributed by atoms with van der Waals surface area (Å²) in [5.74, 6) is -1.01. The van der Waals surface area contributed by atoms with E-state index in [0.717, 1.165) is 10.8 Å². The molecule has 0 unspecified atom stereocenters. The number of hydrogen-bond acceptors (Lipinski definition) is 6. The monoisotopic (exact) mass is 382 g/mol. The summed E-state index contributed by atoms with van der Waals surface area (Å²) in [6.45, 7) is 1.64. The summed E-state index contributed by atoms with van der Waals surface area (Å²) >= 11 is 0. The highest BCUT2D eigenvalue weighted by molar-refractivity contribution is 8.08. The first-order valence-corrected chi connectivity index (χ1v) is 9.81. The minimum Gasteiger partial charge on any atom is -0.461 e. The number of sulfone groups is 1. The molecule has 0 amide bonds. The molecule has 0 spiro atoms. The van der Waals surface area contributed by atoms with Crippen LogP contribution in [0.3, 0.4) is 0 Å². The quantitative estimate of drug-likeness (QED) is 0.322. The Bertz CT molecular complexity index is 1090. The molecule has 0 aromatic heterocycles. The van der Waals surface area contributed by atoms with Crippen molar-refractivity contribution in [2.75, 3.05) is 12.0 Å². The Kier molecular flexibility index (Phi) is 5.52. The van der Waals surface area contributed by atoms with Gasteiger partial charge in [-0.25, -0.2) is 13.2 Å². The maximum atomic E-state index is 12.9. The van der Waals surface area contributed by atoms with Crippen LogP contribution in [0.1, 0.15) is 6.92 Å². The van der Waals surface area contributed by atoms with Gasteiger partial charge < -0.3 is 4.74 Å². The van der Waals surface area contributed by atoms with Gasteiger partial charge in [0.1, 0.15) is 0 Å². The van der Waals surface area contributed by atoms with Crippen molar-refractivity contribution in [3.05, 3.63) is 72.8 Å². The van der Waals surface area contributed by atoms with Gasteiger partial charge in [-0.1, -0.05) is 54.6 Å². The van der Waals surface area contributed by atoms with Crippen LogP contribution in [0.4, 0.5) is 5.69 Å². The molecule has 0 bridgehead atoms. The number of fused-ring (bicyclic) bond motifs is 1. The summed E-state index contributed by atoms with van der Waals surface area (Å²) in [5.41, 5.74) is 3.29. The fraction of sp³-hybridized carbons (Fsp3) is 0.100. The molecule has 0 aliphatic heterocycles. The molecular weight excluding hydrogens is 364 g/mol. The summed E-state index contributed by atoms with van der Waals surface area (Å²) < 4.78 is 30.6. The number of hydrazone groups is 1. The highest BCUT2D eigenvalue weighted by Gasteiger charge is 2.30. The van der Waals surface area contributed by atoms with Crippen LogP contribution in [0, 0.1) is 0 Å². The molecule has 138 valence electrons. The van der Waals surface area contributed by atoms with Gasteiger partial charge in [-0.2, -0.15) is 5.10 Å². The smallest absolute Gasteiger partial charge is 0.371 e. The molecule has 0 fully saturated rings. The van der Waals surface area contributed by atoms with Gasteiger partial charge in [0, 0.05) is 5.39 Å². The lowest BCUT2D eigenvalue weighted by Crippen LogP contribution is -2.28. The number of nitrogens with zero attached hydrogens (tertiary/aromatic N) is 1. The third kappa shape index (κ3) is 3.98. The number of carbonyl (C=O) groups excluding carboxylic acids is 1. The topological polar surface area (TPSA) is 84.8 Å². The number of benzene rings is 3. The zero-order valence-electron chi connectivity index (χ0n) is 14.6. The van der Waals surface area contributed by atoms with Crippen molar-refractivity contribution in [2.45, 2.75) is 11.8 Å². The molecule has 0 saturated heterocycles. The van der Waals surface area contributed by atoms with Crippen molar-refractivity contribution in [1.29, 1.82) is 0 Å². The van der Waals surface area contributed by atoms with Gasteiger partial charge in [0.05, 0.1) is 17.2 Å². The van der Waals surface area contributed by atoms with E-state index in [4.69, 9.17) is 4.74 Å². The molecule has 3 rings (SSSR count). The molecule has 0 atom stereocenters. The Morgan fingerprint density at radius 1 is 0.963 bits per heavy atom. The minimum absolute atomic E-state index is 0.0310. The van der Waals surface area contributed by atoms with E-state index in [-0.39, 0.29) is 11.5 Å². The Balaban J connectivity index is 2.04. The number of esters is 1. The van der Waals surface area contributed by atoms with Gasteiger partial charge >= 0.3 is 5.97 Å². The summed E-state index contributed by atoms with van der Waals surface area (Å²) in [6, 6.07) is 20.7. The molecule has 0 aliphatic rings. The van der Waals surface area contributed by atoms with Crippen LogP contribution in [-0.4, -0.2) is 26.0 Å². The number of rotatable bonds is 4. The third-order valence-electron chi connectivity index (χ3n) is 3.83. The predicted molar refractivity (Wildman–Crippen MR) is 105 cm³/mol. The Hall–Kier alpha value is -3.19. The van der Waals surface area contributed by atoms with E-state index < -0.39 is 20.9 Å². The van der Waals surface area contributed by atoms with Crippen LogP contribution in [0.5, 0.6) is 0 Å². The van der Waals surface area contributed by atoms with Gasteiger partial charge in [-0.05, 0) is 30.5 Å². The van der Waals surface area contributed by atoms with Gasteiger partial charge in [0.15, 0.2) is 0 Å². The highest BCUT2D eigenvalue weighted by Crippen LogP contribution is 2.23. The van der Waals surface area contributed by atoms with Crippen molar-refractivity contribution >= 4 is 37.3 Å². The molecule has 7 heteroatoms. The standard InChI is InChI=1S/C20H18N2O4S/c1-2-26-20(23)19(27(24,25)16-11-4-3-5-12-16)22-21-18-14-8-10-15-9-6-7-13-17(15)18/h3-14,21H,2H2,1H3/b22-19-. The second-order valence-corrected chi connectivity index (χ2v) is 7.46. The lowest BCUT2D eigenvalue weighted by atomic mass is 10.1. The fourth-order valence-electron chi connectivity index (χ4n) is 2.55. The van der Waals surface area contributed by atoms with Crippen molar-refractivity contribution in [3.63, 3.8) is 0 Å². The van der Waals surface area contributed by atoms with Crippen LogP contribution in [0.2, 0.25) is 0 Å². The summed E-state index contributed by atoms with van der Waals surface area (Å²) in [7, 11) is -4.13. The number of ether oxygens (including phenoxy) is 1. The zero-order chi connectivity index (χ0) is 19.3. The highest BCUT2D eigenvalue weighted by atomic mass is 32.2. The fourth-order valence-corrected chi connectivity index (χ4v) is 3.74. The van der Waals surface area contributed by atoms with E-state index in [0.29, 0.717) is 5.69 Å².